The summed E-state index contributed by atoms with van der Waals surface area (Å²) in [4.78, 5) is 0. The summed E-state index contributed by atoms with van der Waals surface area (Å²) in [5, 5.41) is 18.5. The van der Waals surface area contributed by atoms with Gasteiger partial charge in [-0.15, -0.1) is 5.10 Å². The number of anilines is 1. The summed E-state index contributed by atoms with van der Waals surface area (Å²) in [6.07, 6.45) is 3.51. The lowest BCUT2D eigenvalue weighted by molar-refractivity contribution is 0.224. The van der Waals surface area contributed by atoms with Gasteiger partial charge in [0.15, 0.2) is 0 Å². The van der Waals surface area contributed by atoms with E-state index in [0.29, 0.717) is 5.69 Å². The Kier molecular flexibility index (Phi) is 2.17. The van der Waals surface area contributed by atoms with Gasteiger partial charge in [0.25, 0.3) is 0 Å². The second-order valence-corrected chi connectivity index (χ2v) is 1.88. The fourth-order valence-corrected chi connectivity index (χ4v) is 0.567. The predicted molar refractivity (Wildman–Crippen MR) is 36.2 cm³/mol. The largest absolute Gasteiger partial charge is 0.374 e. The molecule has 0 amide bonds. The van der Waals surface area contributed by atoms with Crippen molar-refractivity contribution < 1.29 is 5.11 Å². The number of aliphatic hydroxyl groups is 1. The van der Waals surface area contributed by atoms with Crippen LogP contribution in [0.3, 0.4) is 0 Å². The van der Waals surface area contributed by atoms with Gasteiger partial charge in [-0.3, -0.25) is 0 Å². The predicted octanol–water partition coefficient (Wildman–Crippen LogP) is 0.0270. The fraction of sp³-hybridized carbons (Fsp3) is 0.333. The second kappa shape index (κ2) is 3.12. The molecule has 0 aliphatic carbocycles. The number of rotatable bonds is 2. The molecule has 1 aromatic heterocycles. The van der Waals surface area contributed by atoms with Gasteiger partial charge in [-0.25, -0.2) is 0 Å². The number of aliphatic hydroxyl groups excluding tert-OH is 1. The molecule has 0 aromatic carbocycles. The Bertz CT molecular complexity index is 187. The van der Waals surface area contributed by atoms with E-state index < -0.39 is 6.23 Å². The zero-order valence-corrected chi connectivity index (χ0v) is 5.57. The van der Waals surface area contributed by atoms with Crippen LogP contribution in [-0.2, 0) is 0 Å². The van der Waals surface area contributed by atoms with Crippen molar-refractivity contribution in [2.45, 2.75) is 13.2 Å². The number of hydrogen-bond acceptors (Lipinski definition) is 4. The van der Waals surface area contributed by atoms with Gasteiger partial charge in [0.2, 0.25) is 0 Å². The lowest BCUT2D eigenvalue weighted by Gasteiger charge is -2.05. The molecule has 2 N–H and O–H groups in total. The molecule has 1 atom stereocenters. The van der Waals surface area contributed by atoms with Gasteiger partial charge in [0, 0.05) is 0 Å². The molecule has 1 heterocycles. The molecule has 1 unspecified atom stereocenters. The first-order valence-corrected chi connectivity index (χ1v) is 2.93. The number of nitrogens with one attached hydrogen (secondary N) is 1. The summed E-state index contributed by atoms with van der Waals surface area (Å²) >= 11 is 0. The van der Waals surface area contributed by atoms with Crippen LogP contribution in [0.25, 0.3) is 0 Å². The summed E-state index contributed by atoms with van der Waals surface area (Å²) in [7, 11) is 0. The Balaban J connectivity index is 2.59. The molecule has 1 radical (unpaired) electrons. The molecule has 0 aliphatic heterocycles. The first-order chi connectivity index (χ1) is 4.79. The minimum Gasteiger partial charge on any atom is -0.374 e. The highest BCUT2D eigenvalue weighted by Crippen LogP contribution is 2.00. The molecule has 1 rings (SSSR count). The van der Waals surface area contributed by atoms with Crippen LogP contribution < -0.4 is 5.32 Å². The molecule has 0 fully saturated rings. The van der Waals surface area contributed by atoms with Crippen LogP contribution in [-0.4, -0.2) is 21.5 Å². The van der Waals surface area contributed by atoms with Gasteiger partial charge in [0.05, 0.1) is 11.9 Å². The Morgan fingerprint density at radius 1 is 1.80 bits per heavy atom. The van der Waals surface area contributed by atoms with E-state index in [2.05, 4.69) is 21.7 Å². The molecular formula is C6H8N3O. The Morgan fingerprint density at radius 3 is 3.10 bits per heavy atom. The molecule has 53 valence electrons. The quantitative estimate of drug-likeness (QED) is 0.566. The maximum absolute atomic E-state index is 8.83. The van der Waals surface area contributed by atoms with Gasteiger partial charge < -0.3 is 10.4 Å². The summed E-state index contributed by atoms with van der Waals surface area (Å²) in [6.45, 7) is 1.62. The number of nitrogens with zero attached hydrogens (tertiary/aromatic N) is 2. The third kappa shape index (κ3) is 1.99. The van der Waals surface area contributed by atoms with Crippen LogP contribution in [0.4, 0.5) is 5.69 Å². The van der Waals surface area contributed by atoms with E-state index >= 15 is 0 Å². The van der Waals surface area contributed by atoms with Crippen LogP contribution in [0.5, 0.6) is 0 Å². The molecule has 0 bridgehead atoms. The van der Waals surface area contributed by atoms with Gasteiger partial charge in [-0.1, -0.05) is 0 Å². The minimum atomic E-state index is -0.583. The van der Waals surface area contributed by atoms with Crippen molar-refractivity contribution in [3.05, 3.63) is 18.5 Å². The highest BCUT2D eigenvalue weighted by molar-refractivity contribution is 5.37. The van der Waals surface area contributed by atoms with Gasteiger partial charge in [-0.2, -0.15) is 5.10 Å². The summed E-state index contributed by atoms with van der Waals surface area (Å²) < 4.78 is 0. The van der Waals surface area contributed by atoms with Crippen LogP contribution in [0, 0.1) is 6.20 Å². The van der Waals surface area contributed by atoms with Crippen LogP contribution in [0.2, 0.25) is 0 Å². The smallest absolute Gasteiger partial charge is 0.138 e. The SMILES string of the molecule is CC(O)Nc1[c]nncc1. The normalized spacial score (nSPS) is 12.6. The van der Waals surface area contributed by atoms with Crippen molar-refractivity contribution in [1.82, 2.24) is 10.2 Å². The highest BCUT2D eigenvalue weighted by atomic mass is 16.3. The van der Waals surface area contributed by atoms with Crippen molar-refractivity contribution in [3.8, 4) is 0 Å². The van der Waals surface area contributed by atoms with E-state index in [-0.39, 0.29) is 0 Å². The van der Waals surface area contributed by atoms with Crippen molar-refractivity contribution in [1.29, 1.82) is 0 Å². The summed E-state index contributed by atoms with van der Waals surface area (Å²) in [5.41, 5.74) is 0.644. The van der Waals surface area contributed by atoms with E-state index in [1.807, 2.05) is 0 Å². The molecule has 0 spiro atoms. The maximum Gasteiger partial charge on any atom is 0.138 e. The maximum atomic E-state index is 8.83. The Hall–Kier alpha value is -1.16. The number of hydrogen-bond donors (Lipinski definition) is 2. The zero-order chi connectivity index (χ0) is 7.40. The van der Waals surface area contributed by atoms with Gasteiger partial charge in [0.1, 0.15) is 12.4 Å². The average molecular weight is 138 g/mol. The summed E-state index contributed by atoms with van der Waals surface area (Å²) in [5.74, 6) is 0. The van der Waals surface area contributed by atoms with E-state index in [1.165, 1.54) is 6.20 Å². The van der Waals surface area contributed by atoms with Crippen LogP contribution in [0.15, 0.2) is 12.3 Å². The van der Waals surface area contributed by atoms with E-state index in [1.54, 1.807) is 13.0 Å². The third-order valence-corrected chi connectivity index (χ3v) is 0.900. The molecule has 1 aromatic rings. The van der Waals surface area contributed by atoms with Crippen molar-refractivity contribution in [3.63, 3.8) is 0 Å². The second-order valence-electron chi connectivity index (χ2n) is 1.88. The van der Waals surface area contributed by atoms with E-state index in [4.69, 9.17) is 5.11 Å². The molecule has 0 saturated heterocycles. The minimum absolute atomic E-state index is 0.583. The molecule has 0 aliphatic rings. The molecular weight excluding hydrogens is 130 g/mol. The molecule has 4 nitrogen and oxygen atoms in total. The van der Waals surface area contributed by atoms with E-state index in [9.17, 15) is 0 Å². The Morgan fingerprint density at radius 2 is 2.60 bits per heavy atom. The monoisotopic (exact) mass is 138 g/mol. The lowest BCUT2D eigenvalue weighted by atomic mass is 10.4. The first kappa shape index (κ1) is 6.95. The molecule has 0 saturated carbocycles. The van der Waals surface area contributed by atoms with Crippen molar-refractivity contribution >= 4 is 5.69 Å². The van der Waals surface area contributed by atoms with Gasteiger partial charge in [-0.05, 0) is 13.0 Å². The molecule has 10 heavy (non-hydrogen) atoms. The van der Waals surface area contributed by atoms with Crippen molar-refractivity contribution in [2.24, 2.45) is 0 Å². The average Bonchev–Trinajstić information content (AvgIpc) is 1.88. The van der Waals surface area contributed by atoms with E-state index in [0.717, 1.165) is 0 Å². The topological polar surface area (TPSA) is 58.0 Å². The Labute approximate surface area is 58.9 Å². The fourth-order valence-electron chi connectivity index (χ4n) is 0.567. The lowest BCUT2D eigenvalue weighted by Crippen LogP contribution is -2.13. The third-order valence-electron chi connectivity index (χ3n) is 0.900. The standard InChI is InChI=1S/C6H8N3O/c1-5(10)9-6-2-3-7-8-4-6/h2-3,5,10H,1H3,(H,7,9). The van der Waals surface area contributed by atoms with Crippen LogP contribution >= 0.6 is 0 Å². The first-order valence-electron chi connectivity index (χ1n) is 2.93. The van der Waals surface area contributed by atoms with Gasteiger partial charge >= 0.3 is 0 Å². The highest BCUT2D eigenvalue weighted by Gasteiger charge is 1.94. The van der Waals surface area contributed by atoms with Crippen LogP contribution in [0.1, 0.15) is 6.92 Å². The molecule has 4 heteroatoms. The summed E-state index contributed by atoms with van der Waals surface area (Å²) in [6, 6.07) is 1.68. The van der Waals surface area contributed by atoms with Crippen molar-refractivity contribution in [2.75, 3.05) is 5.32 Å². The number of aromatic nitrogens is 2. The zero-order valence-electron chi connectivity index (χ0n) is 5.57.